The number of benzene rings is 1. The fourth-order valence-electron chi connectivity index (χ4n) is 3.36. The number of hydrogen-bond donors (Lipinski definition) is 1. The molecule has 3 rings (SSSR count). The summed E-state index contributed by atoms with van der Waals surface area (Å²) in [5.74, 6) is 0.540. The summed E-state index contributed by atoms with van der Waals surface area (Å²) in [6.45, 7) is 2.08. The van der Waals surface area contributed by atoms with E-state index in [1.165, 1.54) is 22.3 Å². The Labute approximate surface area is 174 Å². The predicted octanol–water partition coefficient (Wildman–Crippen LogP) is 4.47. The molecule has 7 heteroatoms. The highest BCUT2D eigenvalue weighted by atomic mass is 32.1. The number of amides is 1. The van der Waals surface area contributed by atoms with Crippen LogP contribution in [0.3, 0.4) is 0 Å². The number of carbonyl (C=O) groups excluding carboxylic acids is 2. The number of carbonyl (C=O) groups is 2. The molecule has 0 atom stereocenters. The first-order chi connectivity index (χ1) is 14.1. The lowest BCUT2D eigenvalue weighted by atomic mass is 9.95. The molecule has 0 spiro atoms. The van der Waals surface area contributed by atoms with Crippen molar-refractivity contribution < 1.29 is 23.8 Å². The third-order valence-electron chi connectivity index (χ3n) is 4.72. The van der Waals surface area contributed by atoms with Crippen molar-refractivity contribution in [2.75, 3.05) is 26.1 Å². The van der Waals surface area contributed by atoms with E-state index in [-0.39, 0.29) is 11.9 Å². The number of esters is 1. The monoisotopic (exact) mass is 415 g/mol. The molecule has 0 saturated carbocycles. The van der Waals surface area contributed by atoms with Crippen molar-refractivity contribution in [2.45, 2.75) is 32.6 Å². The fraction of sp³-hybridized carbons (Fsp3) is 0.364. The van der Waals surface area contributed by atoms with E-state index >= 15 is 0 Å². The van der Waals surface area contributed by atoms with Gasteiger partial charge in [-0.1, -0.05) is 6.07 Å². The molecule has 0 radical (unpaired) electrons. The van der Waals surface area contributed by atoms with Gasteiger partial charge < -0.3 is 19.5 Å². The number of rotatable bonds is 7. The Morgan fingerprint density at radius 2 is 1.90 bits per heavy atom. The molecule has 1 aromatic heterocycles. The van der Waals surface area contributed by atoms with Crippen molar-refractivity contribution in [3.8, 4) is 11.5 Å². The van der Waals surface area contributed by atoms with Gasteiger partial charge in [-0.15, -0.1) is 11.3 Å². The quantitative estimate of drug-likeness (QED) is 0.533. The normalized spacial score (nSPS) is 13.1. The van der Waals surface area contributed by atoms with Gasteiger partial charge in [0.25, 0.3) is 0 Å². The number of methoxy groups -OCH3 is 2. The Balaban J connectivity index is 1.79. The number of fused-ring (bicyclic) bond motifs is 1. The number of anilines is 1. The Kier molecular flexibility index (Phi) is 6.93. The van der Waals surface area contributed by atoms with E-state index in [1.807, 2.05) is 6.07 Å². The molecule has 1 amide bonds. The maximum Gasteiger partial charge on any atom is 0.341 e. The van der Waals surface area contributed by atoms with Crippen LogP contribution in [-0.2, 0) is 22.4 Å². The van der Waals surface area contributed by atoms with Crippen molar-refractivity contribution in [2.24, 2.45) is 0 Å². The average Bonchev–Trinajstić information content (AvgIpc) is 3.09. The van der Waals surface area contributed by atoms with Crippen LogP contribution in [0.15, 0.2) is 24.3 Å². The van der Waals surface area contributed by atoms with E-state index in [2.05, 4.69) is 5.32 Å². The van der Waals surface area contributed by atoms with Crippen molar-refractivity contribution >= 4 is 34.3 Å². The van der Waals surface area contributed by atoms with Crippen LogP contribution in [0.2, 0.25) is 0 Å². The number of aryl methyl sites for hydroxylation is 1. The topological polar surface area (TPSA) is 73.9 Å². The first kappa shape index (κ1) is 20.9. The summed E-state index contributed by atoms with van der Waals surface area (Å²) in [5, 5.41) is 3.43. The van der Waals surface area contributed by atoms with Gasteiger partial charge in [-0.25, -0.2) is 4.79 Å². The van der Waals surface area contributed by atoms with Crippen LogP contribution in [0.4, 0.5) is 5.00 Å². The standard InChI is InChI=1S/C22H25NO5S/c1-4-28-22(25)20-15-7-5-6-8-18(15)29-21(20)23-19(24)12-10-14-9-11-16(26-2)17(13-14)27-3/h9-13H,4-8H2,1-3H3,(H,23,24)/b12-10+. The first-order valence-electron chi connectivity index (χ1n) is 9.60. The maximum absolute atomic E-state index is 12.5. The zero-order valence-corrected chi connectivity index (χ0v) is 17.7. The van der Waals surface area contributed by atoms with Crippen LogP contribution in [0.5, 0.6) is 11.5 Å². The van der Waals surface area contributed by atoms with Gasteiger partial charge in [0.2, 0.25) is 5.91 Å². The molecule has 6 nitrogen and oxygen atoms in total. The van der Waals surface area contributed by atoms with Gasteiger partial charge in [-0.3, -0.25) is 4.79 Å². The van der Waals surface area contributed by atoms with E-state index in [9.17, 15) is 9.59 Å². The third kappa shape index (κ3) is 4.79. The molecule has 1 aromatic carbocycles. The highest BCUT2D eigenvalue weighted by Gasteiger charge is 2.26. The smallest absolute Gasteiger partial charge is 0.341 e. The van der Waals surface area contributed by atoms with Crippen molar-refractivity contribution in [1.29, 1.82) is 0 Å². The van der Waals surface area contributed by atoms with Gasteiger partial charge in [0.05, 0.1) is 26.4 Å². The largest absolute Gasteiger partial charge is 0.493 e. The summed E-state index contributed by atoms with van der Waals surface area (Å²) in [6, 6.07) is 5.40. The van der Waals surface area contributed by atoms with E-state index in [1.54, 1.807) is 39.4 Å². The number of hydrogen-bond acceptors (Lipinski definition) is 6. The molecule has 2 aromatic rings. The van der Waals surface area contributed by atoms with E-state index in [0.29, 0.717) is 28.7 Å². The summed E-state index contributed by atoms with van der Waals surface area (Å²) in [4.78, 5) is 26.2. The minimum absolute atomic E-state index is 0.302. The summed E-state index contributed by atoms with van der Waals surface area (Å²) < 4.78 is 15.7. The van der Waals surface area contributed by atoms with Gasteiger partial charge in [0, 0.05) is 11.0 Å². The van der Waals surface area contributed by atoms with Gasteiger partial charge in [0.15, 0.2) is 11.5 Å². The van der Waals surface area contributed by atoms with E-state index in [4.69, 9.17) is 14.2 Å². The van der Waals surface area contributed by atoms with Crippen molar-refractivity contribution in [3.63, 3.8) is 0 Å². The lowest BCUT2D eigenvalue weighted by molar-refractivity contribution is -0.111. The summed E-state index contributed by atoms with van der Waals surface area (Å²) in [6.07, 6.45) is 7.05. The summed E-state index contributed by atoms with van der Waals surface area (Å²) >= 11 is 1.47. The number of thiophene rings is 1. The fourth-order valence-corrected chi connectivity index (χ4v) is 4.64. The molecule has 0 bridgehead atoms. The second kappa shape index (κ2) is 9.60. The molecule has 0 fully saturated rings. The summed E-state index contributed by atoms with van der Waals surface area (Å²) in [5.41, 5.74) is 2.34. The SMILES string of the molecule is CCOC(=O)c1c(NC(=O)/C=C/c2ccc(OC)c(OC)c2)sc2c1CCCC2. The number of ether oxygens (including phenoxy) is 3. The Morgan fingerprint density at radius 3 is 2.62 bits per heavy atom. The lowest BCUT2D eigenvalue weighted by Crippen LogP contribution is -2.14. The molecule has 1 aliphatic rings. The summed E-state index contributed by atoms with van der Waals surface area (Å²) in [7, 11) is 3.14. The molecule has 0 aliphatic heterocycles. The zero-order chi connectivity index (χ0) is 20.8. The van der Waals surface area contributed by atoms with Gasteiger partial charge in [-0.05, 0) is 61.9 Å². The Morgan fingerprint density at radius 1 is 1.14 bits per heavy atom. The van der Waals surface area contributed by atoms with Crippen LogP contribution in [0.1, 0.15) is 46.1 Å². The van der Waals surface area contributed by atoms with Gasteiger partial charge in [0.1, 0.15) is 5.00 Å². The van der Waals surface area contributed by atoms with Crippen LogP contribution in [0, 0.1) is 0 Å². The molecule has 0 unspecified atom stereocenters. The second-order valence-electron chi connectivity index (χ2n) is 6.57. The van der Waals surface area contributed by atoms with E-state index in [0.717, 1.165) is 36.8 Å². The molecule has 1 N–H and O–H groups in total. The Hall–Kier alpha value is -2.80. The third-order valence-corrected chi connectivity index (χ3v) is 5.93. The van der Waals surface area contributed by atoms with E-state index < -0.39 is 0 Å². The van der Waals surface area contributed by atoms with Gasteiger partial charge in [-0.2, -0.15) is 0 Å². The zero-order valence-electron chi connectivity index (χ0n) is 16.9. The van der Waals surface area contributed by atoms with Crippen molar-refractivity contribution in [3.05, 3.63) is 45.8 Å². The van der Waals surface area contributed by atoms with Crippen LogP contribution >= 0.6 is 11.3 Å². The Bertz CT molecular complexity index is 932. The number of nitrogens with one attached hydrogen (secondary N) is 1. The van der Waals surface area contributed by atoms with Crippen LogP contribution in [-0.4, -0.2) is 32.7 Å². The maximum atomic E-state index is 12.5. The molecule has 29 heavy (non-hydrogen) atoms. The second-order valence-corrected chi connectivity index (χ2v) is 7.68. The van der Waals surface area contributed by atoms with Crippen LogP contribution < -0.4 is 14.8 Å². The average molecular weight is 416 g/mol. The highest BCUT2D eigenvalue weighted by Crippen LogP contribution is 2.38. The molecular weight excluding hydrogens is 390 g/mol. The lowest BCUT2D eigenvalue weighted by Gasteiger charge is -2.12. The predicted molar refractivity (Wildman–Crippen MR) is 114 cm³/mol. The molecule has 1 heterocycles. The molecule has 1 aliphatic carbocycles. The molecule has 154 valence electrons. The highest BCUT2D eigenvalue weighted by molar-refractivity contribution is 7.17. The minimum Gasteiger partial charge on any atom is -0.493 e. The van der Waals surface area contributed by atoms with Crippen molar-refractivity contribution in [1.82, 2.24) is 0 Å². The molecule has 0 saturated heterocycles. The minimum atomic E-state index is -0.369. The molecular formula is C22H25NO5S. The first-order valence-corrected chi connectivity index (χ1v) is 10.4. The van der Waals surface area contributed by atoms with Gasteiger partial charge >= 0.3 is 5.97 Å². The van der Waals surface area contributed by atoms with Crippen LogP contribution in [0.25, 0.3) is 6.08 Å².